The van der Waals surface area contributed by atoms with E-state index in [2.05, 4.69) is 10.6 Å². The zero-order chi connectivity index (χ0) is 15.4. The van der Waals surface area contributed by atoms with Crippen LogP contribution in [-0.2, 0) is 19.2 Å². The average Bonchev–Trinajstić information content (AvgIpc) is 2.37. The first-order valence-electron chi connectivity index (χ1n) is 6.52. The quantitative estimate of drug-likeness (QED) is 0.425. The maximum atomic E-state index is 11.3. The first kappa shape index (κ1) is 19.1. The number of hydrogen-bond acceptors (Lipinski definition) is 4. The molecule has 0 rings (SSSR count). The largest absolute Gasteiger partial charge is 0.349 e. The fourth-order valence-corrected chi connectivity index (χ4v) is 1.68. The molecule has 0 saturated heterocycles. The summed E-state index contributed by atoms with van der Waals surface area (Å²) in [5, 5.41) is 5.02. The van der Waals surface area contributed by atoms with E-state index >= 15 is 0 Å². The smallest absolute Gasteiger partial charge is 0.220 e. The molecular weight excluding hydrogens is 298 g/mol. The van der Waals surface area contributed by atoms with Gasteiger partial charge in [0.05, 0.1) is 13.1 Å². The van der Waals surface area contributed by atoms with Gasteiger partial charge >= 0.3 is 0 Å². The van der Waals surface area contributed by atoms with Gasteiger partial charge in [-0.05, 0) is 12.8 Å². The molecule has 0 aliphatic carbocycles. The van der Waals surface area contributed by atoms with Crippen LogP contribution in [0.25, 0.3) is 0 Å². The second-order valence-corrected chi connectivity index (χ2v) is 5.69. The number of hydrogen-bond donors (Lipinski definition) is 2. The van der Waals surface area contributed by atoms with E-state index in [4.69, 9.17) is 0 Å². The van der Waals surface area contributed by atoms with Crippen LogP contribution in [0.4, 0.5) is 0 Å². The lowest BCUT2D eigenvalue weighted by atomic mass is 10.1. The minimum atomic E-state index is -0.145. The van der Waals surface area contributed by atoms with Crippen LogP contribution < -0.4 is 10.6 Å². The van der Waals surface area contributed by atoms with E-state index < -0.39 is 0 Å². The van der Waals surface area contributed by atoms with Gasteiger partial charge in [-0.2, -0.15) is 0 Å². The van der Waals surface area contributed by atoms with Gasteiger partial charge in [0, 0.05) is 12.8 Å². The van der Waals surface area contributed by atoms with Gasteiger partial charge in [0.25, 0.3) is 0 Å². The van der Waals surface area contributed by atoms with E-state index in [0.717, 1.165) is 25.7 Å². The molecule has 20 heavy (non-hydrogen) atoms. The van der Waals surface area contributed by atoms with Crippen LogP contribution in [0.5, 0.6) is 0 Å². The normalized spacial score (nSPS) is 9.90. The summed E-state index contributed by atoms with van der Waals surface area (Å²) < 4.78 is 0. The van der Waals surface area contributed by atoms with Crippen molar-refractivity contribution in [1.29, 1.82) is 0 Å². The first-order chi connectivity index (χ1) is 9.41. The average molecular weight is 320 g/mol. The summed E-state index contributed by atoms with van der Waals surface area (Å²) in [5.41, 5.74) is -0.290. The molecule has 114 valence electrons. The highest BCUT2D eigenvalue weighted by atomic mass is 31.0. The molecule has 0 heterocycles. The van der Waals surface area contributed by atoms with E-state index in [1.807, 2.05) is 18.5 Å². The highest BCUT2D eigenvalue weighted by Crippen LogP contribution is 2.05. The molecule has 2 unspecified atom stereocenters. The molecule has 0 spiro atoms. The second-order valence-electron chi connectivity index (χ2n) is 4.40. The van der Waals surface area contributed by atoms with Crippen molar-refractivity contribution < 1.29 is 19.2 Å². The summed E-state index contributed by atoms with van der Waals surface area (Å²) in [6, 6.07) is 0. The number of carbonyl (C=O) groups excluding carboxylic acids is 4. The van der Waals surface area contributed by atoms with Crippen molar-refractivity contribution >= 4 is 41.3 Å². The molecule has 2 atom stereocenters. The molecule has 0 bridgehead atoms. The predicted molar refractivity (Wildman–Crippen MR) is 83.2 cm³/mol. The molecule has 0 aromatic heterocycles. The molecule has 0 aliphatic heterocycles. The number of carbonyl (C=O) groups is 4. The zero-order valence-corrected chi connectivity index (χ0v) is 13.8. The van der Waals surface area contributed by atoms with Crippen LogP contribution in [0.15, 0.2) is 0 Å². The number of amides is 2. The Labute approximate surface area is 123 Å². The van der Waals surface area contributed by atoms with E-state index in [9.17, 15) is 19.2 Å². The van der Waals surface area contributed by atoms with Gasteiger partial charge in [0.15, 0.2) is 11.0 Å². The van der Waals surface area contributed by atoms with Gasteiger partial charge in [-0.15, -0.1) is 0 Å². The summed E-state index contributed by atoms with van der Waals surface area (Å²) in [6.07, 6.45) is 3.98. The predicted octanol–water partition coefficient (Wildman–Crippen LogP) is 0.363. The minimum Gasteiger partial charge on any atom is -0.349 e. The fourth-order valence-electron chi connectivity index (χ4n) is 1.47. The third-order valence-electron chi connectivity index (χ3n) is 2.48. The molecule has 0 aliphatic rings. The lowest BCUT2D eigenvalue weighted by Gasteiger charge is -2.04. The van der Waals surface area contributed by atoms with E-state index in [-0.39, 0.29) is 36.0 Å². The lowest BCUT2D eigenvalue weighted by Crippen LogP contribution is -2.27. The molecule has 2 amide bonds. The summed E-state index contributed by atoms with van der Waals surface area (Å²) in [7, 11) is 4.01. The van der Waals surface area contributed by atoms with Crippen LogP contribution in [0.1, 0.15) is 38.5 Å². The van der Waals surface area contributed by atoms with Crippen molar-refractivity contribution in [3.05, 3.63) is 0 Å². The van der Waals surface area contributed by atoms with Crippen LogP contribution in [-0.4, -0.2) is 36.0 Å². The standard InChI is InChI=1S/C12H22N2O4P2/c15-9(13-7-11(17)19)5-3-1-2-4-6-10(16)14-8-12(18)20/h1-8,19-20H2,(H,13,15)(H,14,16). The molecular formula is C12H22N2O4P2. The molecule has 0 fully saturated rings. The monoisotopic (exact) mass is 320 g/mol. The van der Waals surface area contributed by atoms with Crippen molar-refractivity contribution in [3.8, 4) is 0 Å². The van der Waals surface area contributed by atoms with Gasteiger partial charge in [0.2, 0.25) is 11.8 Å². The number of rotatable bonds is 11. The van der Waals surface area contributed by atoms with Crippen molar-refractivity contribution in [2.24, 2.45) is 0 Å². The Kier molecular flexibility index (Phi) is 11.4. The Bertz CT molecular complexity index is 327. The lowest BCUT2D eigenvalue weighted by molar-refractivity contribution is -0.123. The Balaban J connectivity index is 3.39. The van der Waals surface area contributed by atoms with Crippen molar-refractivity contribution in [1.82, 2.24) is 10.6 Å². The summed E-state index contributed by atoms with van der Waals surface area (Å²) in [5.74, 6) is -0.255. The molecule has 0 saturated carbocycles. The molecule has 6 nitrogen and oxygen atoms in total. The van der Waals surface area contributed by atoms with E-state index in [1.165, 1.54) is 0 Å². The molecule has 2 N–H and O–H groups in total. The highest BCUT2D eigenvalue weighted by molar-refractivity contribution is 7.40. The highest BCUT2D eigenvalue weighted by Gasteiger charge is 2.04. The fraction of sp³-hybridized carbons (Fsp3) is 0.667. The second kappa shape index (κ2) is 11.9. The van der Waals surface area contributed by atoms with Gasteiger partial charge in [0.1, 0.15) is 0 Å². The Morgan fingerprint density at radius 3 is 1.30 bits per heavy atom. The van der Waals surface area contributed by atoms with Crippen molar-refractivity contribution in [3.63, 3.8) is 0 Å². The Hall–Kier alpha value is -0.860. The summed E-state index contributed by atoms with van der Waals surface area (Å²) in [4.78, 5) is 43.8. The summed E-state index contributed by atoms with van der Waals surface area (Å²) >= 11 is 0. The van der Waals surface area contributed by atoms with Gasteiger partial charge in [-0.1, -0.05) is 31.3 Å². The summed E-state index contributed by atoms with van der Waals surface area (Å²) in [6.45, 7) is 0.107. The van der Waals surface area contributed by atoms with Crippen molar-refractivity contribution in [2.75, 3.05) is 13.1 Å². The maximum Gasteiger partial charge on any atom is 0.220 e. The molecule has 8 heteroatoms. The van der Waals surface area contributed by atoms with E-state index in [1.54, 1.807) is 0 Å². The van der Waals surface area contributed by atoms with Crippen LogP contribution in [0.2, 0.25) is 0 Å². The topological polar surface area (TPSA) is 92.3 Å². The van der Waals surface area contributed by atoms with E-state index in [0.29, 0.717) is 12.8 Å². The first-order valence-corrected chi connectivity index (χ1v) is 7.67. The molecule has 0 radical (unpaired) electrons. The number of nitrogens with one attached hydrogen (secondary N) is 2. The van der Waals surface area contributed by atoms with Gasteiger partial charge in [-0.25, -0.2) is 0 Å². The van der Waals surface area contributed by atoms with Gasteiger partial charge < -0.3 is 10.6 Å². The third-order valence-corrected chi connectivity index (χ3v) is 2.89. The van der Waals surface area contributed by atoms with Gasteiger partial charge in [-0.3, -0.25) is 19.2 Å². The number of unbranched alkanes of at least 4 members (excludes halogenated alkanes) is 3. The minimum absolute atomic E-state index is 0.0537. The third kappa shape index (κ3) is 13.6. The SMILES string of the molecule is O=C(P)CNC(=O)CCCCCCC(=O)NCC(=O)P. The van der Waals surface area contributed by atoms with Crippen LogP contribution >= 0.6 is 18.5 Å². The zero-order valence-electron chi connectivity index (χ0n) is 11.4. The maximum absolute atomic E-state index is 11.3. The van der Waals surface area contributed by atoms with Crippen LogP contribution in [0, 0.1) is 0 Å². The van der Waals surface area contributed by atoms with Crippen LogP contribution in [0.3, 0.4) is 0 Å². The molecule has 0 aromatic carbocycles. The Morgan fingerprint density at radius 2 is 1.00 bits per heavy atom. The van der Waals surface area contributed by atoms with Crippen molar-refractivity contribution in [2.45, 2.75) is 38.5 Å². The molecule has 0 aromatic rings. The Morgan fingerprint density at radius 1 is 0.650 bits per heavy atom.